The van der Waals surface area contributed by atoms with Crippen molar-refractivity contribution in [1.29, 1.82) is 0 Å². The lowest BCUT2D eigenvalue weighted by molar-refractivity contribution is -0.264. The van der Waals surface area contributed by atoms with E-state index in [-0.39, 0.29) is 19.2 Å². The number of aliphatic hydroxyl groups is 1. The lowest BCUT2D eigenvalue weighted by Gasteiger charge is -2.29. The van der Waals surface area contributed by atoms with E-state index in [1.807, 2.05) is 6.08 Å². The molecule has 4 nitrogen and oxygen atoms in total. The number of rotatable bonds is 6. The Kier molecular flexibility index (Phi) is 12.1. The molecule has 2 aliphatic rings. The predicted molar refractivity (Wildman–Crippen MR) is 97.8 cm³/mol. The summed E-state index contributed by atoms with van der Waals surface area (Å²) in [6.07, 6.45) is 13.1. The topological polar surface area (TPSA) is 47.9 Å². The third kappa shape index (κ3) is 11.0. The highest BCUT2D eigenvalue weighted by Gasteiger charge is 2.21. The molecule has 2 aliphatic heterocycles. The molecule has 0 spiro atoms. The second kappa shape index (κ2) is 13.6. The molecule has 0 aromatic heterocycles. The molecule has 2 atom stereocenters. The number of ether oxygens (including phenoxy) is 3. The summed E-state index contributed by atoms with van der Waals surface area (Å²) in [5.41, 5.74) is 2.63. The minimum absolute atomic E-state index is 0.00292. The fourth-order valence-corrected chi connectivity index (χ4v) is 2.65. The average molecular weight is 341 g/mol. The van der Waals surface area contributed by atoms with E-state index in [9.17, 15) is 0 Å². The molecule has 1 N–H and O–H groups in total. The van der Waals surface area contributed by atoms with E-state index in [4.69, 9.17) is 19.3 Å². The maximum Gasteiger partial charge on any atom is 0.160 e. The standard InChI is InChI=1S/C10H18O3.C10H18O/c1-3-7-11-9(5-1)13-10-6-2-4-8-12-10;1-9(2)5-4-6-10(3)7-8-11/h9-10H,1-8H2;5,7,11H,4,6,8H2,1-3H3/b;10-7+. The lowest BCUT2D eigenvalue weighted by atomic mass is 10.1. The van der Waals surface area contributed by atoms with Gasteiger partial charge in [-0.2, -0.15) is 0 Å². The Balaban J connectivity index is 0.000000245. The maximum atomic E-state index is 8.55. The molecule has 2 rings (SSSR count). The van der Waals surface area contributed by atoms with Gasteiger partial charge in [-0.05, 0) is 72.1 Å². The van der Waals surface area contributed by atoms with Crippen molar-refractivity contribution in [2.24, 2.45) is 0 Å². The van der Waals surface area contributed by atoms with Gasteiger partial charge in [0, 0.05) is 13.2 Å². The van der Waals surface area contributed by atoms with Gasteiger partial charge in [0.25, 0.3) is 0 Å². The SMILES string of the molecule is C1CCC(OC2CCCCO2)OC1.CC(C)=CCC/C(C)=C/CO. The van der Waals surface area contributed by atoms with Crippen LogP contribution in [-0.2, 0) is 14.2 Å². The average Bonchev–Trinajstić information content (AvgIpc) is 2.57. The summed E-state index contributed by atoms with van der Waals surface area (Å²) in [4.78, 5) is 0. The first-order valence-corrected chi connectivity index (χ1v) is 9.40. The summed E-state index contributed by atoms with van der Waals surface area (Å²) in [6.45, 7) is 8.11. The highest BCUT2D eigenvalue weighted by Crippen LogP contribution is 2.20. The van der Waals surface area contributed by atoms with E-state index in [1.54, 1.807) is 0 Å². The van der Waals surface area contributed by atoms with E-state index in [1.165, 1.54) is 36.8 Å². The number of aliphatic hydroxyl groups excluding tert-OH is 1. The van der Waals surface area contributed by atoms with Crippen molar-refractivity contribution in [3.63, 3.8) is 0 Å². The maximum absolute atomic E-state index is 8.55. The van der Waals surface area contributed by atoms with Crippen LogP contribution >= 0.6 is 0 Å². The molecule has 4 heteroatoms. The Hall–Kier alpha value is -0.680. The zero-order chi connectivity index (χ0) is 17.6. The van der Waals surface area contributed by atoms with Crippen LogP contribution in [0.15, 0.2) is 23.3 Å². The Morgan fingerprint density at radius 2 is 1.54 bits per heavy atom. The van der Waals surface area contributed by atoms with Gasteiger partial charge in [0.15, 0.2) is 12.6 Å². The van der Waals surface area contributed by atoms with Gasteiger partial charge in [0.2, 0.25) is 0 Å². The van der Waals surface area contributed by atoms with Crippen LogP contribution < -0.4 is 0 Å². The molecule has 0 bridgehead atoms. The van der Waals surface area contributed by atoms with Crippen molar-refractivity contribution in [3.05, 3.63) is 23.3 Å². The summed E-state index contributed by atoms with van der Waals surface area (Å²) in [6, 6.07) is 0. The number of allylic oxidation sites excluding steroid dienone is 3. The molecule has 2 unspecified atom stereocenters. The Labute approximate surface area is 147 Å². The zero-order valence-corrected chi connectivity index (χ0v) is 15.8. The van der Waals surface area contributed by atoms with Gasteiger partial charge in [-0.3, -0.25) is 0 Å². The normalized spacial score (nSPS) is 24.8. The Morgan fingerprint density at radius 3 is 1.96 bits per heavy atom. The molecule has 2 saturated heterocycles. The summed E-state index contributed by atoms with van der Waals surface area (Å²) in [5.74, 6) is 0. The van der Waals surface area contributed by atoms with Crippen molar-refractivity contribution in [3.8, 4) is 0 Å². The van der Waals surface area contributed by atoms with Gasteiger partial charge < -0.3 is 19.3 Å². The predicted octanol–water partition coefficient (Wildman–Crippen LogP) is 4.73. The third-order valence-electron chi connectivity index (χ3n) is 4.11. The van der Waals surface area contributed by atoms with Crippen LogP contribution in [0.25, 0.3) is 0 Å². The fraction of sp³-hybridized carbons (Fsp3) is 0.800. The molecule has 0 saturated carbocycles. The van der Waals surface area contributed by atoms with Crippen LogP contribution in [0, 0.1) is 0 Å². The molecule has 0 radical (unpaired) electrons. The second-order valence-corrected chi connectivity index (χ2v) is 6.78. The first kappa shape index (κ1) is 21.4. The largest absolute Gasteiger partial charge is 0.392 e. The minimum atomic E-state index is -0.00292. The monoisotopic (exact) mass is 340 g/mol. The van der Waals surface area contributed by atoms with Crippen molar-refractivity contribution < 1.29 is 19.3 Å². The fourth-order valence-electron chi connectivity index (χ4n) is 2.65. The molecule has 24 heavy (non-hydrogen) atoms. The molecule has 0 aromatic rings. The summed E-state index contributed by atoms with van der Waals surface area (Å²) in [5, 5.41) is 8.55. The van der Waals surface area contributed by atoms with Gasteiger partial charge in [-0.15, -0.1) is 0 Å². The third-order valence-corrected chi connectivity index (χ3v) is 4.11. The quantitative estimate of drug-likeness (QED) is 0.710. The van der Waals surface area contributed by atoms with Gasteiger partial charge >= 0.3 is 0 Å². The van der Waals surface area contributed by atoms with Crippen LogP contribution in [0.5, 0.6) is 0 Å². The first-order chi connectivity index (χ1) is 11.6. The first-order valence-electron chi connectivity index (χ1n) is 9.40. The van der Waals surface area contributed by atoms with Crippen molar-refractivity contribution >= 4 is 0 Å². The molecule has 0 aliphatic carbocycles. The molecule has 0 aromatic carbocycles. The zero-order valence-electron chi connectivity index (χ0n) is 15.8. The van der Waals surface area contributed by atoms with E-state index in [2.05, 4.69) is 26.8 Å². The van der Waals surface area contributed by atoms with Gasteiger partial charge in [0.05, 0.1) is 6.61 Å². The minimum Gasteiger partial charge on any atom is -0.392 e. The van der Waals surface area contributed by atoms with E-state index in [0.717, 1.165) is 38.9 Å². The number of hydrogen-bond donors (Lipinski definition) is 1. The van der Waals surface area contributed by atoms with Gasteiger partial charge in [-0.25, -0.2) is 0 Å². The van der Waals surface area contributed by atoms with Gasteiger partial charge in [0.1, 0.15) is 0 Å². The van der Waals surface area contributed by atoms with Crippen LogP contribution in [0.3, 0.4) is 0 Å². The molecular formula is C20H36O4. The van der Waals surface area contributed by atoms with Crippen molar-refractivity contribution in [2.75, 3.05) is 19.8 Å². The van der Waals surface area contributed by atoms with Crippen LogP contribution in [0.1, 0.15) is 72.1 Å². The molecular weight excluding hydrogens is 304 g/mol. The summed E-state index contributed by atoms with van der Waals surface area (Å²) in [7, 11) is 0. The highest BCUT2D eigenvalue weighted by molar-refractivity contribution is 5.01. The Bertz CT molecular complexity index is 344. The van der Waals surface area contributed by atoms with Crippen LogP contribution in [0.2, 0.25) is 0 Å². The summed E-state index contributed by atoms with van der Waals surface area (Å²) < 4.78 is 16.6. The molecule has 0 amide bonds. The van der Waals surface area contributed by atoms with Crippen LogP contribution in [0.4, 0.5) is 0 Å². The lowest BCUT2D eigenvalue weighted by Crippen LogP contribution is -2.31. The summed E-state index contributed by atoms with van der Waals surface area (Å²) >= 11 is 0. The second-order valence-electron chi connectivity index (χ2n) is 6.78. The molecule has 2 fully saturated rings. The van der Waals surface area contributed by atoms with E-state index >= 15 is 0 Å². The van der Waals surface area contributed by atoms with Gasteiger partial charge in [-0.1, -0.05) is 23.3 Å². The van der Waals surface area contributed by atoms with Crippen molar-refractivity contribution in [1.82, 2.24) is 0 Å². The smallest absolute Gasteiger partial charge is 0.160 e. The van der Waals surface area contributed by atoms with E-state index < -0.39 is 0 Å². The molecule has 140 valence electrons. The van der Waals surface area contributed by atoms with Crippen LogP contribution in [-0.4, -0.2) is 37.5 Å². The van der Waals surface area contributed by atoms with E-state index in [0.29, 0.717) is 0 Å². The van der Waals surface area contributed by atoms with Crippen molar-refractivity contribution in [2.45, 2.75) is 84.7 Å². The molecule has 2 heterocycles. The highest BCUT2D eigenvalue weighted by atomic mass is 16.8. The number of hydrogen-bond acceptors (Lipinski definition) is 4. The Morgan fingerprint density at radius 1 is 0.958 bits per heavy atom.